The number of thiazole rings is 1. The molecule has 6 nitrogen and oxygen atoms in total. The fourth-order valence-corrected chi connectivity index (χ4v) is 3.20. The van der Waals surface area contributed by atoms with Gasteiger partial charge in [0.2, 0.25) is 5.78 Å². The third-order valence-electron chi connectivity index (χ3n) is 3.78. The lowest BCUT2D eigenvalue weighted by molar-refractivity contribution is 0.898. The summed E-state index contributed by atoms with van der Waals surface area (Å²) in [7, 11) is 1.98. The van der Waals surface area contributed by atoms with E-state index in [1.54, 1.807) is 11.3 Å². The van der Waals surface area contributed by atoms with Crippen LogP contribution in [0.15, 0.2) is 30.2 Å². The standard InChI is InChI=1S/C17H16N6S/c1-11-6-12(2)23-8-13(20-17(23)19-11)4-5-16-21-14(9-22(16)3)15-7-18-10-24-15/h4-10H,1-3H3/b5-4+. The van der Waals surface area contributed by atoms with Crippen LogP contribution in [0.3, 0.4) is 0 Å². The molecule has 0 unspecified atom stereocenters. The zero-order valence-electron chi connectivity index (χ0n) is 13.6. The maximum absolute atomic E-state index is 4.65. The fraction of sp³-hybridized carbons (Fsp3) is 0.176. The molecule has 0 radical (unpaired) electrons. The van der Waals surface area contributed by atoms with Gasteiger partial charge in [0, 0.05) is 37.0 Å². The molecular weight excluding hydrogens is 320 g/mol. The van der Waals surface area contributed by atoms with Gasteiger partial charge in [-0.3, -0.25) is 9.38 Å². The second kappa shape index (κ2) is 5.68. The smallest absolute Gasteiger partial charge is 0.234 e. The van der Waals surface area contributed by atoms with Gasteiger partial charge in [0.1, 0.15) is 11.5 Å². The Morgan fingerprint density at radius 2 is 1.96 bits per heavy atom. The van der Waals surface area contributed by atoms with E-state index in [1.165, 1.54) is 0 Å². The van der Waals surface area contributed by atoms with E-state index in [0.717, 1.165) is 39.3 Å². The van der Waals surface area contributed by atoms with Crippen LogP contribution in [0.2, 0.25) is 0 Å². The number of hydrogen-bond donors (Lipinski definition) is 0. The molecule has 0 aliphatic carbocycles. The van der Waals surface area contributed by atoms with Crippen molar-refractivity contribution in [2.24, 2.45) is 7.05 Å². The first-order valence-corrected chi connectivity index (χ1v) is 8.42. The molecule has 7 heteroatoms. The van der Waals surface area contributed by atoms with Gasteiger partial charge in [-0.05, 0) is 32.1 Å². The quantitative estimate of drug-likeness (QED) is 0.575. The summed E-state index contributed by atoms with van der Waals surface area (Å²) in [5, 5.41) is 0. The molecule has 0 aromatic carbocycles. The van der Waals surface area contributed by atoms with Gasteiger partial charge in [-0.15, -0.1) is 11.3 Å². The molecule has 4 rings (SSSR count). The number of nitrogens with zero attached hydrogens (tertiary/aromatic N) is 6. The van der Waals surface area contributed by atoms with Crippen LogP contribution in [0, 0.1) is 13.8 Å². The van der Waals surface area contributed by atoms with Crippen molar-refractivity contribution in [1.82, 2.24) is 28.9 Å². The molecule has 4 heterocycles. The van der Waals surface area contributed by atoms with Crippen LogP contribution in [0.5, 0.6) is 0 Å². The first-order chi connectivity index (χ1) is 11.6. The van der Waals surface area contributed by atoms with E-state index in [9.17, 15) is 0 Å². The van der Waals surface area contributed by atoms with Gasteiger partial charge in [-0.2, -0.15) is 0 Å². The lowest BCUT2D eigenvalue weighted by Crippen LogP contribution is -1.94. The molecule has 0 amide bonds. The number of aryl methyl sites for hydroxylation is 3. The minimum atomic E-state index is 0.720. The molecule has 24 heavy (non-hydrogen) atoms. The SMILES string of the molecule is Cc1cc(C)n2cc(/C=C/c3nc(-c4cncs4)cn3C)nc2n1. The third kappa shape index (κ3) is 2.63. The number of hydrogen-bond acceptors (Lipinski definition) is 5. The van der Waals surface area contributed by atoms with E-state index in [1.807, 2.05) is 65.3 Å². The highest BCUT2D eigenvalue weighted by atomic mass is 32.1. The summed E-state index contributed by atoms with van der Waals surface area (Å²) in [5.41, 5.74) is 5.70. The summed E-state index contributed by atoms with van der Waals surface area (Å²) >= 11 is 1.58. The summed E-state index contributed by atoms with van der Waals surface area (Å²) < 4.78 is 3.99. The largest absolute Gasteiger partial charge is 0.334 e. The highest BCUT2D eigenvalue weighted by Crippen LogP contribution is 2.22. The van der Waals surface area contributed by atoms with Crippen molar-refractivity contribution in [1.29, 1.82) is 0 Å². The molecule has 0 saturated heterocycles. The maximum atomic E-state index is 4.65. The highest BCUT2D eigenvalue weighted by molar-refractivity contribution is 7.13. The molecule has 4 aromatic rings. The molecular formula is C17H16N6S. The minimum absolute atomic E-state index is 0.720. The predicted molar refractivity (Wildman–Crippen MR) is 95.7 cm³/mol. The van der Waals surface area contributed by atoms with Crippen LogP contribution < -0.4 is 0 Å². The van der Waals surface area contributed by atoms with Gasteiger partial charge in [0.05, 0.1) is 16.1 Å². The first-order valence-electron chi connectivity index (χ1n) is 7.54. The third-order valence-corrected chi connectivity index (χ3v) is 4.58. The molecule has 120 valence electrons. The normalized spacial score (nSPS) is 11.8. The zero-order valence-corrected chi connectivity index (χ0v) is 14.4. The summed E-state index contributed by atoms with van der Waals surface area (Å²) in [5.74, 6) is 1.59. The molecule has 0 saturated carbocycles. The zero-order chi connectivity index (χ0) is 16.7. The summed E-state index contributed by atoms with van der Waals surface area (Å²) in [6, 6.07) is 2.04. The number of aromatic nitrogens is 6. The van der Waals surface area contributed by atoms with Gasteiger partial charge >= 0.3 is 0 Å². The summed E-state index contributed by atoms with van der Waals surface area (Å²) in [6.07, 6.45) is 9.75. The van der Waals surface area contributed by atoms with Gasteiger partial charge in [0.25, 0.3) is 0 Å². The van der Waals surface area contributed by atoms with E-state index in [2.05, 4.69) is 26.9 Å². The van der Waals surface area contributed by atoms with Gasteiger partial charge in [0.15, 0.2) is 0 Å². The lowest BCUT2D eigenvalue weighted by atomic mass is 10.3. The Bertz CT molecular complexity index is 1040. The molecule has 0 atom stereocenters. The number of imidazole rings is 2. The number of rotatable bonds is 3. The maximum Gasteiger partial charge on any atom is 0.234 e. The molecule has 0 aliphatic heterocycles. The number of fused-ring (bicyclic) bond motifs is 1. The van der Waals surface area contributed by atoms with E-state index in [4.69, 9.17) is 0 Å². The van der Waals surface area contributed by atoms with Crippen molar-refractivity contribution in [2.75, 3.05) is 0 Å². The summed E-state index contributed by atoms with van der Waals surface area (Å²) in [6.45, 7) is 4.03. The average Bonchev–Trinajstić information content (AvgIpc) is 3.24. The Morgan fingerprint density at radius 1 is 1.08 bits per heavy atom. The van der Waals surface area contributed by atoms with E-state index < -0.39 is 0 Å². The molecule has 0 aliphatic rings. The lowest BCUT2D eigenvalue weighted by Gasteiger charge is -1.98. The van der Waals surface area contributed by atoms with Crippen molar-refractivity contribution in [3.05, 3.63) is 53.1 Å². The Kier molecular flexibility index (Phi) is 3.50. The monoisotopic (exact) mass is 336 g/mol. The van der Waals surface area contributed by atoms with Crippen LogP contribution in [-0.2, 0) is 7.05 Å². The molecule has 4 aromatic heterocycles. The fourth-order valence-electron chi connectivity index (χ4n) is 2.63. The first kappa shape index (κ1) is 14.8. The van der Waals surface area contributed by atoms with Crippen LogP contribution >= 0.6 is 11.3 Å². The topological polar surface area (TPSA) is 60.9 Å². The van der Waals surface area contributed by atoms with E-state index in [-0.39, 0.29) is 0 Å². The molecule has 0 spiro atoms. The Balaban J connectivity index is 1.67. The van der Waals surface area contributed by atoms with E-state index >= 15 is 0 Å². The van der Waals surface area contributed by atoms with E-state index in [0.29, 0.717) is 0 Å². The highest BCUT2D eigenvalue weighted by Gasteiger charge is 2.07. The predicted octanol–water partition coefficient (Wildman–Crippen LogP) is 3.37. The van der Waals surface area contributed by atoms with Crippen LogP contribution in [0.1, 0.15) is 22.9 Å². The van der Waals surface area contributed by atoms with Crippen molar-refractivity contribution < 1.29 is 0 Å². The van der Waals surface area contributed by atoms with Crippen molar-refractivity contribution in [2.45, 2.75) is 13.8 Å². The summed E-state index contributed by atoms with van der Waals surface area (Å²) in [4.78, 5) is 18.8. The van der Waals surface area contributed by atoms with Gasteiger partial charge in [-0.1, -0.05) is 0 Å². The van der Waals surface area contributed by atoms with Gasteiger partial charge in [-0.25, -0.2) is 15.0 Å². The Hall–Kier alpha value is -2.80. The van der Waals surface area contributed by atoms with Crippen molar-refractivity contribution >= 4 is 29.3 Å². The van der Waals surface area contributed by atoms with Crippen molar-refractivity contribution in [3.63, 3.8) is 0 Å². The van der Waals surface area contributed by atoms with Crippen LogP contribution in [0.25, 0.3) is 28.5 Å². The second-order valence-corrected chi connectivity index (χ2v) is 6.56. The molecule has 0 N–H and O–H groups in total. The second-order valence-electron chi connectivity index (χ2n) is 5.67. The Labute approximate surface area is 143 Å². The average molecular weight is 336 g/mol. The van der Waals surface area contributed by atoms with Crippen molar-refractivity contribution in [3.8, 4) is 10.6 Å². The van der Waals surface area contributed by atoms with Crippen LogP contribution in [-0.4, -0.2) is 28.9 Å². The molecule has 0 bridgehead atoms. The van der Waals surface area contributed by atoms with Gasteiger partial charge < -0.3 is 4.57 Å². The Morgan fingerprint density at radius 3 is 2.75 bits per heavy atom. The van der Waals surface area contributed by atoms with Crippen LogP contribution in [0.4, 0.5) is 0 Å². The molecule has 0 fully saturated rings. The minimum Gasteiger partial charge on any atom is -0.334 e.